The van der Waals surface area contributed by atoms with Crippen molar-refractivity contribution in [2.45, 2.75) is 102 Å². The number of benzene rings is 2. The highest BCUT2D eigenvalue weighted by atomic mass is 16.5. The normalized spacial score (nSPS) is 17.6. The molecule has 0 saturated heterocycles. The van der Waals surface area contributed by atoms with Gasteiger partial charge in [0.2, 0.25) is 0 Å². The second-order valence-corrected chi connectivity index (χ2v) is 13.1. The molecule has 11 heteroatoms. The van der Waals surface area contributed by atoms with Crippen molar-refractivity contribution >= 4 is 6.03 Å². The summed E-state index contributed by atoms with van der Waals surface area (Å²) in [5, 5.41) is 52.9. The minimum Gasteiger partial charge on any atom is -0.490 e. The first-order chi connectivity index (χ1) is 23.1. The van der Waals surface area contributed by atoms with E-state index in [-0.39, 0.29) is 12.1 Å². The van der Waals surface area contributed by atoms with Gasteiger partial charge in [-0.25, -0.2) is 4.79 Å². The van der Waals surface area contributed by atoms with Gasteiger partial charge in [0.25, 0.3) is 0 Å². The number of aliphatic hydroxyl groups is 5. The lowest BCUT2D eigenvalue weighted by molar-refractivity contribution is -0.113. The van der Waals surface area contributed by atoms with Gasteiger partial charge in [0.05, 0.1) is 31.0 Å². The minimum absolute atomic E-state index is 0.311. The number of rotatable bonds is 18. The smallest absolute Gasteiger partial charge is 0.314 e. The third-order valence-electron chi connectivity index (χ3n) is 9.27. The highest BCUT2D eigenvalue weighted by Gasteiger charge is 2.47. The second kappa shape index (κ2) is 16.2. The molecule has 7 N–H and O–H groups in total. The Kier molecular flexibility index (Phi) is 12.1. The Morgan fingerprint density at radius 2 is 1.65 bits per heavy atom. The topological polar surface area (TPSA) is 174 Å². The second-order valence-electron chi connectivity index (χ2n) is 13.1. The quantitative estimate of drug-likeness (QED) is 0.101. The van der Waals surface area contributed by atoms with Crippen molar-refractivity contribution in [1.29, 1.82) is 0 Å². The Balaban J connectivity index is 1.09. The molecule has 1 aromatic heterocycles. The van der Waals surface area contributed by atoms with Gasteiger partial charge in [0, 0.05) is 36.6 Å². The molecule has 1 heterocycles. The molecule has 2 aromatic carbocycles. The number of unbranched alkanes of at least 4 members (excludes halogenated alkanes) is 1. The summed E-state index contributed by atoms with van der Waals surface area (Å²) < 4.78 is 12.9. The number of nitrogens with one attached hydrogen (secondary N) is 2. The highest BCUT2D eigenvalue weighted by Crippen LogP contribution is 2.53. The van der Waals surface area contributed by atoms with E-state index in [1.54, 1.807) is 0 Å². The van der Waals surface area contributed by atoms with Gasteiger partial charge < -0.3 is 45.6 Å². The maximum Gasteiger partial charge on any atom is 0.314 e. The number of nitrogens with zero attached hydrogens (tertiary/aromatic N) is 1. The monoisotopic (exact) mass is 663 g/mol. The predicted molar refractivity (Wildman–Crippen MR) is 180 cm³/mol. The van der Waals surface area contributed by atoms with E-state index in [4.69, 9.17) is 14.6 Å². The number of hydrogen-bond acceptors (Lipinski definition) is 9. The number of hydrogen-bond donors (Lipinski definition) is 7. The molecule has 0 aliphatic heterocycles. The number of pyridine rings is 1. The molecule has 0 bridgehead atoms. The van der Waals surface area contributed by atoms with Gasteiger partial charge in [-0.2, -0.15) is 0 Å². The summed E-state index contributed by atoms with van der Waals surface area (Å²) in [6.07, 6.45) is 4.09. The van der Waals surface area contributed by atoms with Crippen molar-refractivity contribution in [3.63, 3.8) is 0 Å². The van der Waals surface area contributed by atoms with Gasteiger partial charge in [-0.1, -0.05) is 30.3 Å². The third kappa shape index (κ3) is 9.10. The van der Waals surface area contributed by atoms with Crippen LogP contribution in [0.5, 0.6) is 5.75 Å². The summed E-state index contributed by atoms with van der Waals surface area (Å²) in [6.45, 7) is 4.07. The zero-order valence-corrected chi connectivity index (χ0v) is 27.8. The molecule has 5 rings (SSSR count). The summed E-state index contributed by atoms with van der Waals surface area (Å²) in [6, 6.07) is 14.2. The molecule has 2 fully saturated rings. The fourth-order valence-corrected chi connectivity index (χ4v) is 5.92. The van der Waals surface area contributed by atoms with Crippen LogP contribution in [0.1, 0.15) is 66.3 Å². The van der Waals surface area contributed by atoms with Crippen molar-refractivity contribution in [3.05, 3.63) is 82.7 Å². The Morgan fingerprint density at radius 3 is 2.38 bits per heavy atom. The Labute approximate surface area is 282 Å². The van der Waals surface area contributed by atoms with Gasteiger partial charge in [-0.3, -0.25) is 4.98 Å². The SMILES string of the molecule is Cc1cc(COC2(c3cnccc3-c3ccccc3OC3CC3)CC2)c(C)cc1CCCCNC(=O)NC[C@H](O)[C@@H](O)[C@H](O)[C@H](O)CO. The van der Waals surface area contributed by atoms with Gasteiger partial charge in [-0.05, 0) is 98.7 Å². The fraction of sp³-hybridized carbons (Fsp3) is 0.514. The van der Waals surface area contributed by atoms with Crippen LogP contribution in [0.2, 0.25) is 0 Å². The molecule has 260 valence electrons. The van der Waals surface area contributed by atoms with Gasteiger partial charge in [0.1, 0.15) is 24.1 Å². The van der Waals surface area contributed by atoms with Crippen molar-refractivity contribution < 1.29 is 39.8 Å². The number of para-hydroxylation sites is 1. The number of aromatic nitrogens is 1. The molecule has 11 nitrogen and oxygen atoms in total. The van der Waals surface area contributed by atoms with Crippen molar-refractivity contribution in [3.8, 4) is 16.9 Å². The van der Waals surface area contributed by atoms with E-state index in [1.807, 2.05) is 30.6 Å². The van der Waals surface area contributed by atoms with Crippen molar-refractivity contribution in [1.82, 2.24) is 15.6 Å². The van der Waals surface area contributed by atoms with Crippen LogP contribution >= 0.6 is 0 Å². The maximum absolute atomic E-state index is 12.1. The summed E-state index contributed by atoms with van der Waals surface area (Å²) in [4.78, 5) is 16.6. The summed E-state index contributed by atoms with van der Waals surface area (Å²) in [7, 11) is 0. The van der Waals surface area contributed by atoms with E-state index in [1.165, 1.54) is 16.7 Å². The molecule has 48 heavy (non-hydrogen) atoms. The summed E-state index contributed by atoms with van der Waals surface area (Å²) in [5.74, 6) is 0.912. The van der Waals surface area contributed by atoms with Crippen molar-refractivity contribution in [2.24, 2.45) is 0 Å². The Hall–Kier alpha value is -3.58. The zero-order valence-electron chi connectivity index (χ0n) is 27.8. The summed E-state index contributed by atoms with van der Waals surface area (Å²) in [5.41, 5.74) is 7.72. The molecule has 0 unspecified atom stereocenters. The maximum atomic E-state index is 12.1. The average Bonchev–Trinajstić information content (AvgIpc) is 4.04. The molecule has 2 saturated carbocycles. The minimum atomic E-state index is -1.74. The first-order valence-corrected chi connectivity index (χ1v) is 16.9. The fourth-order valence-electron chi connectivity index (χ4n) is 5.92. The van der Waals surface area contributed by atoms with Gasteiger partial charge in [0.15, 0.2) is 0 Å². The number of aryl methyl sites for hydroxylation is 3. The van der Waals surface area contributed by atoms with E-state index in [2.05, 4.69) is 53.7 Å². The third-order valence-corrected chi connectivity index (χ3v) is 9.27. The number of urea groups is 1. The molecule has 2 aliphatic rings. The lowest BCUT2D eigenvalue weighted by Gasteiger charge is -2.25. The zero-order chi connectivity index (χ0) is 34.3. The lowest BCUT2D eigenvalue weighted by Crippen LogP contribution is -2.50. The van der Waals surface area contributed by atoms with Gasteiger partial charge >= 0.3 is 6.03 Å². The van der Waals surface area contributed by atoms with Crippen LogP contribution in [0.4, 0.5) is 4.79 Å². The van der Waals surface area contributed by atoms with E-state index in [9.17, 15) is 25.2 Å². The molecule has 4 atom stereocenters. The van der Waals surface area contributed by atoms with Crippen LogP contribution in [0.25, 0.3) is 11.1 Å². The number of carbonyl (C=O) groups is 1. The predicted octanol–water partition coefficient (Wildman–Crippen LogP) is 3.17. The van der Waals surface area contributed by atoms with E-state index in [0.29, 0.717) is 19.3 Å². The molecular formula is C37H49N3O8. The molecule has 2 aliphatic carbocycles. The van der Waals surface area contributed by atoms with Crippen LogP contribution < -0.4 is 15.4 Å². The lowest BCUT2D eigenvalue weighted by atomic mass is 9.95. The first-order valence-electron chi connectivity index (χ1n) is 16.9. The average molecular weight is 664 g/mol. The molecule has 3 aromatic rings. The van der Waals surface area contributed by atoms with Gasteiger partial charge in [-0.15, -0.1) is 0 Å². The van der Waals surface area contributed by atoms with Crippen molar-refractivity contribution in [2.75, 3.05) is 19.7 Å². The number of amides is 2. The van der Waals surface area contributed by atoms with E-state index in [0.717, 1.165) is 72.9 Å². The first kappa shape index (κ1) is 35.7. The molecule has 0 spiro atoms. The number of carbonyl (C=O) groups excluding carboxylic acids is 1. The van der Waals surface area contributed by atoms with Crippen LogP contribution in [-0.4, -0.2) is 86.8 Å². The molecular weight excluding hydrogens is 614 g/mol. The standard InChI is InChI=1S/C37H49N3O8/c1-23-18-26(24(2)17-25(23)7-5-6-15-39-36(46)40-20-31(42)34(44)35(45)32(43)21-41)22-47-37(13-14-37)30-19-38-16-12-28(30)29-8-3-4-9-33(29)48-27-10-11-27/h3-4,8-9,12,16-19,27,31-32,34-35,41-45H,5-7,10-11,13-15,20-22H2,1-2H3,(H2,39,40,46)/t31-,32+,34+,35+/m0/s1. The Bertz CT molecular complexity index is 1530. The van der Waals surface area contributed by atoms with E-state index < -0.39 is 37.1 Å². The van der Waals surface area contributed by atoms with Crippen LogP contribution in [0.3, 0.4) is 0 Å². The van der Waals surface area contributed by atoms with Crippen LogP contribution in [-0.2, 0) is 23.4 Å². The van der Waals surface area contributed by atoms with E-state index >= 15 is 0 Å². The molecule has 0 radical (unpaired) electrons. The Morgan fingerprint density at radius 1 is 0.938 bits per heavy atom. The highest BCUT2D eigenvalue weighted by molar-refractivity contribution is 5.74. The van der Waals surface area contributed by atoms with Crippen LogP contribution in [0, 0.1) is 13.8 Å². The number of ether oxygens (including phenoxy) is 2. The van der Waals surface area contributed by atoms with Crippen LogP contribution in [0.15, 0.2) is 54.9 Å². The summed E-state index contributed by atoms with van der Waals surface area (Å²) >= 11 is 0. The number of aliphatic hydroxyl groups excluding tert-OH is 5. The largest absolute Gasteiger partial charge is 0.490 e. The molecule has 2 amide bonds.